The Morgan fingerprint density at radius 1 is 1.26 bits per heavy atom. The van der Waals surface area contributed by atoms with Crippen LogP contribution in [0.4, 0.5) is 5.69 Å². The summed E-state index contributed by atoms with van der Waals surface area (Å²) in [5.41, 5.74) is 6.59. The van der Waals surface area contributed by atoms with Crippen LogP contribution in [-0.4, -0.2) is 23.3 Å². The fourth-order valence-corrected chi connectivity index (χ4v) is 2.14. The second-order valence-electron chi connectivity index (χ2n) is 4.59. The van der Waals surface area contributed by atoms with E-state index in [1.165, 1.54) is 19.2 Å². The van der Waals surface area contributed by atoms with Crippen LogP contribution < -0.4 is 20.5 Å². The Labute approximate surface area is 138 Å². The zero-order valence-electron chi connectivity index (χ0n) is 12.4. The number of aromatic carboxylic acids is 1. The van der Waals surface area contributed by atoms with Crippen molar-refractivity contribution in [1.29, 1.82) is 0 Å². The molecule has 0 bridgehead atoms. The quantitative estimate of drug-likeness (QED) is 0.700. The van der Waals surface area contributed by atoms with E-state index < -0.39 is 5.97 Å². The summed E-state index contributed by atoms with van der Waals surface area (Å²) in [6.07, 6.45) is 0. The smallest absolute Gasteiger partial charge is 0.337 e. The van der Waals surface area contributed by atoms with Crippen LogP contribution in [0.2, 0.25) is 0 Å². The van der Waals surface area contributed by atoms with E-state index in [0.717, 1.165) is 5.56 Å². The highest BCUT2D eigenvalue weighted by molar-refractivity contribution is 7.80. The molecule has 0 saturated heterocycles. The Morgan fingerprint density at radius 2 is 1.96 bits per heavy atom. The number of nitrogens with one attached hydrogen (secondary N) is 1. The van der Waals surface area contributed by atoms with Crippen LogP contribution in [0, 0.1) is 0 Å². The van der Waals surface area contributed by atoms with E-state index in [-0.39, 0.29) is 22.1 Å². The molecule has 4 N–H and O–H groups in total. The average molecular weight is 332 g/mol. The van der Waals surface area contributed by atoms with Crippen LogP contribution >= 0.6 is 12.2 Å². The predicted molar refractivity (Wildman–Crippen MR) is 91.1 cm³/mol. The Morgan fingerprint density at radius 3 is 2.52 bits per heavy atom. The number of rotatable bonds is 6. The number of ether oxygens (including phenoxy) is 2. The molecule has 0 aliphatic rings. The minimum absolute atomic E-state index is 0.0123. The van der Waals surface area contributed by atoms with Crippen molar-refractivity contribution in [2.24, 2.45) is 5.73 Å². The first-order chi connectivity index (χ1) is 11.0. The summed E-state index contributed by atoms with van der Waals surface area (Å²) in [6, 6.07) is 12.5. The summed E-state index contributed by atoms with van der Waals surface area (Å²) < 4.78 is 11.0. The third-order valence-electron chi connectivity index (χ3n) is 3.04. The first-order valence-electron chi connectivity index (χ1n) is 6.70. The van der Waals surface area contributed by atoms with Crippen LogP contribution in [0.25, 0.3) is 0 Å². The Balaban J connectivity index is 2.35. The molecule has 0 atom stereocenters. The minimum Gasteiger partial charge on any atom is -0.491 e. The van der Waals surface area contributed by atoms with Gasteiger partial charge in [0.05, 0.1) is 12.7 Å². The van der Waals surface area contributed by atoms with E-state index >= 15 is 0 Å². The second-order valence-corrected chi connectivity index (χ2v) is 5.03. The molecule has 120 valence electrons. The lowest BCUT2D eigenvalue weighted by atomic mass is 10.1. The maximum atomic E-state index is 11.3. The second kappa shape index (κ2) is 7.46. The highest BCUT2D eigenvalue weighted by atomic mass is 32.1. The van der Waals surface area contributed by atoms with Crippen molar-refractivity contribution in [3.05, 3.63) is 53.6 Å². The molecule has 0 radical (unpaired) electrons. The van der Waals surface area contributed by atoms with Crippen LogP contribution in [0.1, 0.15) is 15.9 Å². The minimum atomic E-state index is -1.13. The third-order valence-corrected chi connectivity index (χ3v) is 3.14. The molecule has 0 fully saturated rings. The number of hydrogen-bond donors (Lipinski definition) is 3. The van der Waals surface area contributed by atoms with E-state index in [4.69, 9.17) is 27.4 Å². The lowest BCUT2D eigenvalue weighted by molar-refractivity contribution is 0.0697. The van der Waals surface area contributed by atoms with Gasteiger partial charge in [0.25, 0.3) is 0 Å². The zero-order chi connectivity index (χ0) is 16.8. The lowest BCUT2D eigenvalue weighted by Gasteiger charge is -2.17. The largest absolute Gasteiger partial charge is 0.491 e. The number of carboxylic acids is 1. The van der Waals surface area contributed by atoms with Gasteiger partial charge < -0.3 is 25.6 Å². The molecule has 0 aliphatic carbocycles. The highest BCUT2D eigenvalue weighted by Gasteiger charge is 2.20. The Kier molecular flexibility index (Phi) is 5.37. The number of anilines is 1. The van der Waals surface area contributed by atoms with Crippen molar-refractivity contribution in [3.8, 4) is 11.5 Å². The van der Waals surface area contributed by atoms with Crippen LogP contribution in [-0.2, 0) is 6.61 Å². The number of carboxylic acid groups (broad SMARTS) is 1. The molecule has 0 saturated carbocycles. The average Bonchev–Trinajstić information content (AvgIpc) is 2.53. The summed E-state index contributed by atoms with van der Waals surface area (Å²) in [4.78, 5) is 11.3. The van der Waals surface area contributed by atoms with Gasteiger partial charge in [0, 0.05) is 0 Å². The lowest BCUT2D eigenvalue weighted by Crippen LogP contribution is -2.21. The van der Waals surface area contributed by atoms with Crippen molar-refractivity contribution in [3.63, 3.8) is 0 Å². The van der Waals surface area contributed by atoms with Crippen molar-refractivity contribution in [2.75, 3.05) is 12.4 Å². The molecule has 0 amide bonds. The van der Waals surface area contributed by atoms with Crippen molar-refractivity contribution in [2.45, 2.75) is 6.61 Å². The first-order valence-corrected chi connectivity index (χ1v) is 7.11. The summed E-state index contributed by atoms with van der Waals surface area (Å²) in [6.45, 7) is 0.316. The van der Waals surface area contributed by atoms with Crippen LogP contribution in [0.3, 0.4) is 0 Å². The maximum Gasteiger partial charge on any atom is 0.337 e. The molecule has 0 spiro atoms. The van der Waals surface area contributed by atoms with Crippen molar-refractivity contribution in [1.82, 2.24) is 0 Å². The molecule has 0 aromatic heterocycles. The number of benzene rings is 2. The molecule has 2 rings (SSSR count). The zero-order valence-corrected chi connectivity index (χ0v) is 13.2. The van der Waals surface area contributed by atoms with Gasteiger partial charge in [-0.2, -0.15) is 0 Å². The molecule has 2 aromatic rings. The molecule has 7 heteroatoms. The van der Waals surface area contributed by atoms with Gasteiger partial charge >= 0.3 is 5.97 Å². The van der Waals surface area contributed by atoms with Gasteiger partial charge in [-0.25, -0.2) is 4.79 Å². The van der Waals surface area contributed by atoms with E-state index in [1.54, 1.807) is 0 Å². The molecule has 0 unspecified atom stereocenters. The third kappa shape index (κ3) is 4.10. The number of thiocarbonyl (C=S) groups is 1. The van der Waals surface area contributed by atoms with E-state index in [1.807, 2.05) is 30.3 Å². The topological polar surface area (TPSA) is 93.8 Å². The summed E-state index contributed by atoms with van der Waals surface area (Å²) in [5.74, 6) is -0.509. The summed E-state index contributed by atoms with van der Waals surface area (Å²) in [5, 5.41) is 11.8. The molecular formula is C16H16N2O4S. The van der Waals surface area contributed by atoms with Crippen molar-refractivity contribution < 1.29 is 19.4 Å². The Hall–Kier alpha value is -2.80. The van der Waals surface area contributed by atoms with Crippen LogP contribution in [0.15, 0.2) is 42.5 Å². The molecule has 0 aliphatic heterocycles. The van der Waals surface area contributed by atoms with Gasteiger partial charge in [0.1, 0.15) is 12.3 Å². The van der Waals surface area contributed by atoms with Gasteiger partial charge in [-0.1, -0.05) is 30.3 Å². The van der Waals surface area contributed by atoms with Gasteiger partial charge in [0.2, 0.25) is 0 Å². The molecule has 2 aromatic carbocycles. The van der Waals surface area contributed by atoms with Gasteiger partial charge in [-0.05, 0) is 29.9 Å². The monoisotopic (exact) mass is 332 g/mol. The first kappa shape index (κ1) is 16.6. The highest BCUT2D eigenvalue weighted by Crippen LogP contribution is 2.38. The van der Waals surface area contributed by atoms with Gasteiger partial charge in [-0.15, -0.1) is 0 Å². The number of nitrogens with two attached hydrogens (primary N) is 1. The summed E-state index contributed by atoms with van der Waals surface area (Å²) in [7, 11) is 1.42. The SMILES string of the molecule is COc1c(OCc2ccccc2)ccc(C(=O)O)c1NC(N)=S. The molecule has 0 heterocycles. The summed E-state index contributed by atoms with van der Waals surface area (Å²) >= 11 is 4.79. The van der Waals surface area contributed by atoms with E-state index in [0.29, 0.717) is 12.4 Å². The van der Waals surface area contributed by atoms with E-state index in [2.05, 4.69) is 5.32 Å². The maximum absolute atomic E-state index is 11.3. The van der Waals surface area contributed by atoms with Gasteiger partial charge in [-0.3, -0.25) is 0 Å². The van der Waals surface area contributed by atoms with Gasteiger partial charge in [0.15, 0.2) is 16.6 Å². The fraction of sp³-hybridized carbons (Fsp3) is 0.125. The van der Waals surface area contributed by atoms with Crippen molar-refractivity contribution >= 4 is 29.0 Å². The van der Waals surface area contributed by atoms with Crippen LogP contribution in [0.5, 0.6) is 11.5 Å². The Bertz CT molecular complexity index is 720. The number of carbonyl (C=O) groups is 1. The standard InChI is InChI=1S/C16H16N2O4S/c1-21-14-12(22-9-10-5-3-2-4-6-10)8-7-11(15(19)20)13(14)18-16(17)23/h2-8H,9H2,1H3,(H,19,20)(H3,17,18,23). The molecule has 6 nitrogen and oxygen atoms in total. The molecular weight excluding hydrogens is 316 g/mol. The molecule has 23 heavy (non-hydrogen) atoms. The number of methoxy groups -OCH3 is 1. The fourth-order valence-electron chi connectivity index (χ4n) is 2.04. The predicted octanol–water partition coefficient (Wildman–Crippen LogP) is 2.63. The van der Waals surface area contributed by atoms with E-state index in [9.17, 15) is 9.90 Å². The normalized spacial score (nSPS) is 9.96. The number of hydrogen-bond acceptors (Lipinski definition) is 4.